The molecule has 0 spiro atoms. The molecule has 2 aromatic carbocycles. The first-order valence-corrected chi connectivity index (χ1v) is 8.34. The molecule has 0 saturated carbocycles. The van der Waals surface area contributed by atoms with Crippen LogP contribution in [0.5, 0.6) is 5.75 Å². The average molecular weight is 328 g/mol. The Labute approximate surface area is 144 Å². The first kappa shape index (κ1) is 17.3. The molecule has 0 N–H and O–H groups in total. The van der Waals surface area contributed by atoms with Gasteiger partial charge in [-0.25, -0.2) is 0 Å². The predicted octanol–water partition coefficient (Wildman–Crippen LogP) is 3.16. The van der Waals surface area contributed by atoms with Crippen LogP contribution < -0.4 is 10.2 Å². The molecule has 0 amide bonds. The summed E-state index contributed by atoms with van der Waals surface area (Å²) in [5.74, 6) is 0.801. The second-order valence-electron chi connectivity index (χ2n) is 7.16. The van der Waals surface area contributed by atoms with Crippen molar-refractivity contribution >= 4 is 23.4 Å². The SMILES string of the molecule is COCCOc1cc(B2OC(C)(C)C(C)(C)O2)c2ccccc2c1. The summed E-state index contributed by atoms with van der Waals surface area (Å²) in [4.78, 5) is 0. The van der Waals surface area contributed by atoms with E-state index in [1.165, 1.54) is 0 Å². The molecule has 1 heterocycles. The van der Waals surface area contributed by atoms with E-state index in [2.05, 4.69) is 39.8 Å². The quantitative estimate of drug-likeness (QED) is 0.624. The highest BCUT2D eigenvalue weighted by atomic mass is 16.7. The van der Waals surface area contributed by atoms with Gasteiger partial charge in [-0.1, -0.05) is 24.3 Å². The smallest absolute Gasteiger partial charge is 0.491 e. The highest BCUT2D eigenvalue weighted by Crippen LogP contribution is 2.37. The molecular weight excluding hydrogens is 303 g/mol. The van der Waals surface area contributed by atoms with Crippen LogP contribution in [0.25, 0.3) is 10.8 Å². The van der Waals surface area contributed by atoms with Crippen LogP contribution in [-0.4, -0.2) is 38.6 Å². The fourth-order valence-electron chi connectivity index (χ4n) is 2.80. The van der Waals surface area contributed by atoms with Gasteiger partial charge in [-0.05, 0) is 56.1 Å². The third kappa shape index (κ3) is 3.16. The van der Waals surface area contributed by atoms with Crippen molar-refractivity contribution in [3.05, 3.63) is 36.4 Å². The third-order valence-corrected chi connectivity index (χ3v) is 4.93. The molecule has 4 nitrogen and oxygen atoms in total. The molecule has 1 aliphatic rings. The van der Waals surface area contributed by atoms with Crippen LogP contribution in [0, 0.1) is 0 Å². The van der Waals surface area contributed by atoms with E-state index < -0.39 is 7.12 Å². The second-order valence-corrected chi connectivity index (χ2v) is 7.16. The van der Waals surface area contributed by atoms with E-state index in [0.29, 0.717) is 13.2 Å². The van der Waals surface area contributed by atoms with Crippen LogP contribution in [0.4, 0.5) is 0 Å². The maximum absolute atomic E-state index is 6.24. The van der Waals surface area contributed by atoms with Crippen LogP contribution in [-0.2, 0) is 14.0 Å². The Kier molecular flexibility index (Phi) is 4.60. The summed E-state index contributed by atoms with van der Waals surface area (Å²) in [6.45, 7) is 9.32. The molecule has 0 aliphatic carbocycles. The zero-order valence-corrected chi connectivity index (χ0v) is 15.1. The van der Waals surface area contributed by atoms with Gasteiger partial charge in [-0.3, -0.25) is 0 Å². The van der Waals surface area contributed by atoms with E-state index in [-0.39, 0.29) is 11.2 Å². The van der Waals surface area contributed by atoms with Crippen LogP contribution in [0.2, 0.25) is 0 Å². The molecule has 0 atom stereocenters. The zero-order chi connectivity index (χ0) is 17.4. The van der Waals surface area contributed by atoms with Crippen molar-refractivity contribution in [2.75, 3.05) is 20.3 Å². The topological polar surface area (TPSA) is 36.9 Å². The van der Waals surface area contributed by atoms with Crippen molar-refractivity contribution in [2.24, 2.45) is 0 Å². The van der Waals surface area contributed by atoms with Gasteiger partial charge in [-0.2, -0.15) is 0 Å². The number of ether oxygens (including phenoxy) is 2. The minimum absolute atomic E-state index is 0.369. The fraction of sp³-hybridized carbons (Fsp3) is 0.474. The van der Waals surface area contributed by atoms with E-state index >= 15 is 0 Å². The van der Waals surface area contributed by atoms with Gasteiger partial charge in [0.05, 0.1) is 17.8 Å². The maximum atomic E-state index is 6.24. The molecule has 0 bridgehead atoms. The lowest BCUT2D eigenvalue weighted by atomic mass is 9.76. The normalized spacial score (nSPS) is 19.0. The monoisotopic (exact) mass is 328 g/mol. The lowest BCUT2D eigenvalue weighted by molar-refractivity contribution is 0.00578. The predicted molar refractivity (Wildman–Crippen MR) is 97.0 cm³/mol. The molecule has 1 aliphatic heterocycles. The summed E-state index contributed by atoms with van der Waals surface area (Å²) in [5.41, 5.74) is 0.261. The van der Waals surface area contributed by atoms with Crippen molar-refractivity contribution in [2.45, 2.75) is 38.9 Å². The van der Waals surface area contributed by atoms with Crippen LogP contribution >= 0.6 is 0 Å². The summed E-state index contributed by atoms with van der Waals surface area (Å²) in [7, 11) is 1.25. The standard InChI is InChI=1S/C19H25BO4/c1-18(2)19(3,4)24-20(23-18)17-13-15(22-11-10-21-5)12-14-8-6-7-9-16(14)17/h6-9,12-13H,10-11H2,1-5H3. The van der Waals surface area contributed by atoms with E-state index in [4.69, 9.17) is 18.8 Å². The summed E-state index contributed by atoms with van der Waals surface area (Å²) in [6.07, 6.45) is 0. The lowest BCUT2D eigenvalue weighted by Crippen LogP contribution is -2.41. The van der Waals surface area contributed by atoms with E-state index in [1.54, 1.807) is 7.11 Å². The largest absolute Gasteiger partial charge is 0.495 e. The summed E-state index contributed by atoms with van der Waals surface area (Å²) in [5, 5.41) is 2.23. The zero-order valence-electron chi connectivity index (χ0n) is 15.1. The summed E-state index contributed by atoms with van der Waals surface area (Å²) < 4.78 is 23.4. The molecule has 128 valence electrons. The number of methoxy groups -OCH3 is 1. The van der Waals surface area contributed by atoms with Crippen LogP contribution in [0.3, 0.4) is 0 Å². The average Bonchev–Trinajstić information content (AvgIpc) is 2.75. The number of rotatable bonds is 5. The van der Waals surface area contributed by atoms with E-state index in [9.17, 15) is 0 Å². The van der Waals surface area contributed by atoms with Gasteiger partial charge in [-0.15, -0.1) is 0 Å². The van der Waals surface area contributed by atoms with E-state index in [1.807, 2.05) is 24.3 Å². The maximum Gasteiger partial charge on any atom is 0.495 e. The molecule has 5 heteroatoms. The molecule has 2 aromatic rings. The van der Waals surface area contributed by atoms with Crippen molar-refractivity contribution in [3.8, 4) is 5.75 Å². The van der Waals surface area contributed by atoms with Gasteiger partial charge in [0, 0.05) is 7.11 Å². The van der Waals surface area contributed by atoms with Gasteiger partial charge in [0.1, 0.15) is 12.4 Å². The minimum atomic E-state index is -0.411. The molecular formula is C19H25BO4. The molecule has 0 aromatic heterocycles. The van der Waals surface area contributed by atoms with Crippen molar-refractivity contribution in [1.29, 1.82) is 0 Å². The van der Waals surface area contributed by atoms with Crippen LogP contribution in [0.1, 0.15) is 27.7 Å². The molecule has 1 saturated heterocycles. The minimum Gasteiger partial charge on any atom is -0.491 e. The number of hydrogen-bond donors (Lipinski definition) is 0. The van der Waals surface area contributed by atoms with E-state index in [0.717, 1.165) is 22.0 Å². The van der Waals surface area contributed by atoms with Crippen LogP contribution in [0.15, 0.2) is 36.4 Å². The Morgan fingerprint density at radius 3 is 2.29 bits per heavy atom. The highest BCUT2D eigenvalue weighted by molar-refractivity contribution is 6.65. The Morgan fingerprint density at radius 1 is 0.958 bits per heavy atom. The lowest BCUT2D eigenvalue weighted by Gasteiger charge is -2.32. The summed E-state index contributed by atoms with van der Waals surface area (Å²) >= 11 is 0. The van der Waals surface area contributed by atoms with Crippen molar-refractivity contribution < 1.29 is 18.8 Å². The molecule has 1 fully saturated rings. The van der Waals surface area contributed by atoms with Crippen molar-refractivity contribution in [3.63, 3.8) is 0 Å². The Morgan fingerprint density at radius 2 is 1.62 bits per heavy atom. The van der Waals surface area contributed by atoms with Crippen molar-refractivity contribution in [1.82, 2.24) is 0 Å². The van der Waals surface area contributed by atoms with Gasteiger partial charge in [0.25, 0.3) is 0 Å². The van der Waals surface area contributed by atoms with Gasteiger partial charge in [0.2, 0.25) is 0 Å². The molecule has 0 radical (unpaired) electrons. The Hall–Kier alpha value is -1.56. The first-order valence-electron chi connectivity index (χ1n) is 8.34. The van der Waals surface area contributed by atoms with Gasteiger partial charge >= 0.3 is 7.12 Å². The number of hydrogen-bond acceptors (Lipinski definition) is 4. The summed E-state index contributed by atoms with van der Waals surface area (Å²) in [6, 6.07) is 12.3. The fourth-order valence-corrected chi connectivity index (χ4v) is 2.80. The Bertz CT molecular complexity index is 710. The molecule has 0 unspecified atom stereocenters. The molecule has 3 rings (SSSR count). The number of fused-ring (bicyclic) bond motifs is 1. The Balaban J connectivity index is 2.00. The van der Waals surface area contributed by atoms with Gasteiger partial charge < -0.3 is 18.8 Å². The number of benzene rings is 2. The third-order valence-electron chi connectivity index (χ3n) is 4.93. The molecule has 24 heavy (non-hydrogen) atoms. The first-order chi connectivity index (χ1) is 11.3. The second kappa shape index (κ2) is 6.39. The van der Waals surface area contributed by atoms with Gasteiger partial charge in [0.15, 0.2) is 0 Å². The highest BCUT2D eigenvalue weighted by Gasteiger charge is 2.52.